The van der Waals surface area contributed by atoms with E-state index in [2.05, 4.69) is 0 Å². The Labute approximate surface area is 64.2 Å². The molecule has 1 radical (unpaired) electrons. The van der Waals surface area contributed by atoms with Crippen molar-refractivity contribution < 1.29 is 37.4 Å². The van der Waals surface area contributed by atoms with Gasteiger partial charge in [0.25, 0.3) is 5.97 Å². The minimum Gasteiger partial charge on any atom is -0.481 e. The van der Waals surface area contributed by atoms with Crippen LogP contribution in [0.1, 0.15) is 13.8 Å². The molecule has 2 N–H and O–H groups in total. The van der Waals surface area contributed by atoms with Gasteiger partial charge in [-0.1, -0.05) is 0 Å². The molecular formula is C4H10AgO3. The van der Waals surface area contributed by atoms with Crippen molar-refractivity contribution in [3.63, 3.8) is 0 Å². The number of aliphatic carboxylic acids is 1. The van der Waals surface area contributed by atoms with Crippen molar-refractivity contribution in [3.8, 4) is 0 Å². The zero-order chi connectivity index (χ0) is 6.28. The molecule has 0 amide bonds. The molecule has 0 aromatic carbocycles. The summed E-state index contributed by atoms with van der Waals surface area (Å²) in [6, 6.07) is 0. The van der Waals surface area contributed by atoms with E-state index in [0.29, 0.717) is 0 Å². The van der Waals surface area contributed by atoms with Gasteiger partial charge in [0.1, 0.15) is 0 Å². The second kappa shape index (κ2) is 15.7. The van der Waals surface area contributed by atoms with Gasteiger partial charge in [0.15, 0.2) is 0 Å². The van der Waals surface area contributed by atoms with Crippen LogP contribution in [0, 0.1) is 0 Å². The molecule has 0 aromatic heterocycles. The maximum absolute atomic E-state index is 9.00. The molecule has 0 saturated heterocycles. The largest absolute Gasteiger partial charge is 0.481 e. The molecule has 0 aliphatic heterocycles. The number of rotatable bonds is 0. The van der Waals surface area contributed by atoms with E-state index in [9.17, 15) is 0 Å². The van der Waals surface area contributed by atoms with Gasteiger partial charge >= 0.3 is 0 Å². The first-order chi connectivity index (χ1) is 3.15. The SMILES string of the molecule is CC(=O)O.CCO.[Ag]. The summed E-state index contributed by atoms with van der Waals surface area (Å²) in [7, 11) is 0. The second-order valence-corrected chi connectivity index (χ2v) is 0.835. The Bertz CT molecular complexity index is 42.5. The topological polar surface area (TPSA) is 57.5 Å². The average molecular weight is 214 g/mol. The van der Waals surface area contributed by atoms with Crippen LogP contribution in [0.15, 0.2) is 0 Å². The van der Waals surface area contributed by atoms with Gasteiger partial charge in [0, 0.05) is 35.9 Å². The van der Waals surface area contributed by atoms with Crippen LogP contribution in [0.5, 0.6) is 0 Å². The van der Waals surface area contributed by atoms with Gasteiger partial charge < -0.3 is 10.2 Å². The summed E-state index contributed by atoms with van der Waals surface area (Å²) < 4.78 is 0. The number of aliphatic hydroxyl groups is 1. The van der Waals surface area contributed by atoms with Crippen molar-refractivity contribution in [3.05, 3.63) is 0 Å². The fourth-order valence-electron chi connectivity index (χ4n) is 0. The van der Waals surface area contributed by atoms with Gasteiger partial charge in [-0.15, -0.1) is 0 Å². The monoisotopic (exact) mass is 213 g/mol. The predicted molar refractivity (Wildman–Crippen MR) is 26.1 cm³/mol. The molecule has 0 spiro atoms. The standard InChI is InChI=1S/C2H4O2.C2H6O.Ag/c1-2(3)4;1-2-3;/h1H3,(H,3,4);3H,2H2,1H3;. The van der Waals surface area contributed by atoms with Crippen LogP contribution in [-0.2, 0) is 27.2 Å². The van der Waals surface area contributed by atoms with E-state index >= 15 is 0 Å². The summed E-state index contributed by atoms with van der Waals surface area (Å²) in [5.41, 5.74) is 0. The first-order valence-electron chi connectivity index (χ1n) is 1.95. The third kappa shape index (κ3) is 5690. The molecule has 0 saturated carbocycles. The molecule has 4 heteroatoms. The van der Waals surface area contributed by atoms with Crippen molar-refractivity contribution in [1.29, 1.82) is 0 Å². The summed E-state index contributed by atoms with van der Waals surface area (Å²) in [5, 5.41) is 15.0. The number of carboxylic acids is 1. The normalized spacial score (nSPS) is 5.38. The van der Waals surface area contributed by atoms with Crippen LogP contribution in [0.25, 0.3) is 0 Å². The Balaban J connectivity index is -0.0000000575. The zero-order valence-corrected chi connectivity index (χ0v) is 6.29. The van der Waals surface area contributed by atoms with Gasteiger partial charge in [-0.2, -0.15) is 0 Å². The number of hydrogen-bond acceptors (Lipinski definition) is 2. The molecular weight excluding hydrogens is 204 g/mol. The molecule has 8 heavy (non-hydrogen) atoms. The zero-order valence-electron chi connectivity index (χ0n) is 4.81. The Hall–Kier alpha value is 0.170. The Morgan fingerprint density at radius 2 is 1.62 bits per heavy atom. The van der Waals surface area contributed by atoms with Crippen LogP contribution in [-0.4, -0.2) is 22.8 Å². The molecule has 3 nitrogen and oxygen atoms in total. The number of carboxylic acid groups (broad SMARTS) is 1. The van der Waals surface area contributed by atoms with Crippen molar-refractivity contribution >= 4 is 5.97 Å². The molecule has 55 valence electrons. The van der Waals surface area contributed by atoms with E-state index < -0.39 is 5.97 Å². The van der Waals surface area contributed by atoms with E-state index in [4.69, 9.17) is 15.0 Å². The Morgan fingerprint density at radius 3 is 1.62 bits per heavy atom. The van der Waals surface area contributed by atoms with Gasteiger partial charge in [-0.3, -0.25) is 4.79 Å². The predicted octanol–water partition coefficient (Wildman–Crippen LogP) is 0.0870. The summed E-state index contributed by atoms with van der Waals surface area (Å²) in [4.78, 5) is 9.00. The molecule has 0 rings (SSSR count). The van der Waals surface area contributed by atoms with Crippen LogP contribution < -0.4 is 0 Å². The van der Waals surface area contributed by atoms with E-state index in [1.807, 2.05) is 0 Å². The molecule has 0 unspecified atom stereocenters. The quantitative estimate of drug-likeness (QED) is 0.561. The fraction of sp³-hybridized carbons (Fsp3) is 0.750. The third-order valence-electron chi connectivity index (χ3n) is 0. The smallest absolute Gasteiger partial charge is 0.300 e. The molecule has 0 bridgehead atoms. The Morgan fingerprint density at radius 1 is 1.62 bits per heavy atom. The van der Waals surface area contributed by atoms with Gasteiger partial charge in [-0.05, 0) is 6.92 Å². The fourth-order valence-corrected chi connectivity index (χ4v) is 0. The third-order valence-corrected chi connectivity index (χ3v) is 0. The molecule has 0 aromatic rings. The maximum Gasteiger partial charge on any atom is 0.300 e. The molecule has 0 fully saturated rings. The summed E-state index contributed by atoms with van der Waals surface area (Å²) >= 11 is 0. The number of aliphatic hydroxyl groups excluding tert-OH is 1. The summed E-state index contributed by atoms with van der Waals surface area (Å²) in [6.45, 7) is 3.01. The first-order valence-corrected chi connectivity index (χ1v) is 1.95. The van der Waals surface area contributed by atoms with Gasteiger partial charge in [0.2, 0.25) is 0 Å². The van der Waals surface area contributed by atoms with Crippen LogP contribution in [0.4, 0.5) is 0 Å². The van der Waals surface area contributed by atoms with Gasteiger partial charge in [-0.25, -0.2) is 0 Å². The first kappa shape index (κ1) is 15.7. The van der Waals surface area contributed by atoms with E-state index in [-0.39, 0.29) is 29.0 Å². The number of hydrogen-bond donors (Lipinski definition) is 2. The summed E-state index contributed by atoms with van der Waals surface area (Å²) in [6.07, 6.45) is 0. The van der Waals surface area contributed by atoms with Crippen molar-refractivity contribution in [2.24, 2.45) is 0 Å². The molecule has 0 atom stereocenters. The molecule has 0 aliphatic rings. The van der Waals surface area contributed by atoms with E-state index in [0.717, 1.165) is 6.92 Å². The molecule has 0 heterocycles. The Kier molecular flexibility index (Phi) is 30.8. The second-order valence-electron chi connectivity index (χ2n) is 0.835. The van der Waals surface area contributed by atoms with Crippen LogP contribution >= 0.6 is 0 Å². The van der Waals surface area contributed by atoms with Crippen LogP contribution in [0.2, 0.25) is 0 Å². The minimum absolute atomic E-state index is 0. The van der Waals surface area contributed by atoms with Gasteiger partial charge in [0.05, 0.1) is 0 Å². The summed E-state index contributed by atoms with van der Waals surface area (Å²) in [5.74, 6) is -0.833. The van der Waals surface area contributed by atoms with E-state index in [1.165, 1.54) is 0 Å². The van der Waals surface area contributed by atoms with Crippen molar-refractivity contribution in [2.45, 2.75) is 13.8 Å². The maximum atomic E-state index is 9.00. The van der Waals surface area contributed by atoms with Crippen molar-refractivity contribution in [2.75, 3.05) is 6.61 Å². The van der Waals surface area contributed by atoms with Crippen LogP contribution in [0.3, 0.4) is 0 Å². The molecule has 0 aliphatic carbocycles. The van der Waals surface area contributed by atoms with E-state index in [1.54, 1.807) is 6.92 Å². The van der Waals surface area contributed by atoms with Crippen molar-refractivity contribution in [1.82, 2.24) is 0 Å². The average Bonchev–Trinajstić information content (AvgIpc) is 1.33. The minimum atomic E-state index is -0.833. The number of carbonyl (C=O) groups is 1.